The molecule has 0 radical (unpaired) electrons. The van der Waals surface area contributed by atoms with Gasteiger partial charge in [-0.2, -0.15) is 5.26 Å². The number of nitrogens with zero attached hydrogens (tertiary/aromatic N) is 3. The summed E-state index contributed by atoms with van der Waals surface area (Å²) in [5.41, 5.74) is 1.22. The van der Waals surface area contributed by atoms with Crippen LogP contribution in [0, 0.1) is 11.3 Å². The van der Waals surface area contributed by atoms with Crippen LogP contribution >= 0.6 is 0 Å². The number of benzene rings is 1. The highest BCUT2D eigenvalue weighted by molar-refractivity contribution is 5.87. The van der Waals surface area contributed by atoms with Crippen molar-refractivity contribution in [2.75, 3.05) is 25.1 Å². The maximum absolute atomic E-state index is 12.2. The SMILES string of the molecule is CC1CN(c2ccccc2C#N)C(CO)C(=O)N1C. The second kappa shape index (κ2) is 5.29. The molecular formula is C14H17N3O2. The lowest BCUT2D eigenvalue weighted by Crippen LogP contribution is -2.61. The van der Waals surface area contributed by atoms with E-state index >= 15 is 0 Å². The smallest absolute Gasteiger partial charge is 0.247 e. The highest BCUT2D eigenvalue weighted by Crippen LogP contribution is 2.26. The molecule has 1 amide bonds. The van der Waals surface area contributed by atoms with Crippen molar-refractivity contribution in [1.29, 1.82) is 5.26 Å². The van der Waals surface area contributed by atoms with Crippen molar-refractivity contribution in [2.45, 2.75) is 19.0 Å². The number of hydrogen-bond donors (Lipinski definition) is 1. The van der Waals surface area contributed by atoms with Gasteiger partial charge in [0.1, 0.15) is 12.1 Å². The van der Waals surface area contributed by atoms with Crippen molar-refractivity contribution in [3.05, 3.63) is 29.8 Å². The molecule has 0 aromatic heterocycles. The van der Waals surface area contributed by atoms with Crippen LogP contribution in [0.3, 0.4) is 0 Å². The predicted molar refractivity (Wildman–Crippen MR) is 71.6 cm³/mol. The Labute approximate surface area is 112 Å². The first-order valence-corrected chi connectivity index (χ1v) is 6.23. The van der Waals surface area contributed by atoms with Gasteiger partial charge in [-0.1, -0.05) is 12.1 Å². The zero-order valence-electron chi connectivity index (χ0n) is 11.1. The number of aliphatic hydroxyl groups excluding tert-OH is 1. The van der Waals surface area contributed by atoms with Crippen LogP contribution in [-0.4, -0.2) is 48.2 Å². The van der Waals surface area contributed by atoms with Gasteiger partial charge in [0.2, 0.25) is 5.91 Å². The van der Waals surface area contributed by atoms with Gasteiger partial charge in [0.25, 0.3) is 0 Å². The van der Waals surface area contributed by atoms with Crippen molar-refractivity contribution in [3.63, 3.8) is 0 Å². The standard InChI is InChI=1S/C14H17N3O2/c1-10-8-17(13(9-18)14(19)16(10)2)12-6-4-3-5-11(12)7-15/h3-6,10,13,18H,8-9H2,1-2H3. The van der Waals surface area contributed by atoms with Crippen LogP contribution in [-0.2, 0) is 4.79 Å². The van der Waals surface area contributed by atoms with E-state index in [1.54, 1.807) is 24.1 Å². The van der Waals surface area contributed by atoms with E-state index < -0.39 is 6.04 Å². The molecule has 1 N–H and O–H groups in total. The van der Waals surface area contributed by atoms with Gasteiger partial charge in [-0.25, -0.2) is 0 Å². The summed E-state index contributed by atoms with van der Waals surface area (Å²) < 4.78 is 0. The second-order valence-electron chi connectivity index (χ2n) is 4.78. The Hall–Kier alpha value is -2.06. The van der Waals surface area contributed by atoms with Gasteiger partial charge in [0.15, 0.2) is 0 Å². The number of piperazine rings is 1. The van der Waals surface area contributed by atoms with Gasteiger partial charge in [-0.05, 0) is 19.1 Å². The summed E-state index contributed by atoms with van der Waals surface area (Å²) in [6, 6.07) is 8.71. The molecule has 0 saturated carbocycles. The molecular weight excluding hydrogens is 242 g/mol. The molecule has 5 heteroatoms. The van der Waals surface area contributed by atoms with Crippen LogP contribution in [0.5, 0.6) is 0 Å². The fraction of sp³-hybridized carbons (Fsp3) is 0.429. The molecule has 5 nitrogen and oxygen atoms in total. The lowest BCUT2D eigenvalue weighted by molar-refractivity contribution is -0.136. The summed E-state index contributed by atoms with van der Waals surface area (Å²) >= 11 is 0. The van der Waals surface area contributed by atoms with Gasteiger partial charge < -0.3 is 14.9 Å². The number of aliphatic hydroxyl groups is 1. The van der Waals surface area contributed by atoms with Crippen molar-refractivity contribution in [3.8, 4) is 6.07 Å². The summed E-state index contributed by atoms with van der Waals surface area (Å²) in [4.78, 5) is 15.7. The highest BCUT2D eigenvalue weighted by atomic mass is 16.3. The van der Waals surface area contributed by atoms with Crippen LogP contribution in [0.15, 0.2) is 24.3 Å². The number of carbonyl (C=O) groups excluding carboxylic acids is 1. The molecule has 1 saturated heterocycles. The van der Waals surface area contributed by atoms with Crippen molar-refractivity contribution < 1.29 is 9.90 Å². The third-order valence-corrected chi connectivity index (χ3v) is 3.64. The van der Waals surface area contributed by atoms with Gasteiger partial charge >= 0.3 is 0 Å². The molecule has 2 atom stereocenters. The minimum Gasteiger partial charge on any atom is -0.394 e. The van der Waals surface area contributed by atoms with E-state index in [1.165, 1.54) is 0 Å². The van der Waals surface area contributed by atoms with E-state index in [-0.39, 0.29) is 18.6 Å². The van der Waals surface area contributed by atoms with Crippen molar-refractivity contribution >= 4 is 11.6 Å². The lowest BCUT2D eigenvalue weighted by Gasteiger charge is -2.43. The number of para-hydroxylation sites is 1. The summed E-state index contributed by atoms with van der Waals surface area (Å²) in [5, 5.41) is 18.6. The Morgan fingerprint density at radius 2 is 2.16 bits per heavy atom. The third-order valence-electron chi connectivity index (χ3n) is 3.64. The van der Waals surface area contributed by atoms with Gasteiger partial charge in [0.05, 0.1) is 17.9 Å². The van der Waals surface area contributed by atoms with E-state index in [1.807, 2.05) is 24.0 Å². The van der Waals surface area contributed by atoms with Gasteiger partial charge in [0, 0.05) is 19.6 Å². The van der Waals surface area contributed by atoms with E-state index in [0.29, 0.717) is 17.8 Å². The summed E-state index contributed by atoms with van der Waals surface area (Å²) in [7, 11) is 1.74. The maximum atomic E-state index is 12.2. The van der Waals surface area contributed by atoms with Crippen LogP contribution in [0.1, 0.15) is 12.5 Å². The topological polar surface area (TPSA) is 67.6 Å². The number of rotatable bonds is 2. The molecule has 1 aromatic rings. The molecule has 0 aliphatic carbocycles. The van der Waals surface area contributed by atoms with Gasteiger partial charge in [-0.3, -0.25) is 4.79 Å². The first-order valence-electron chi connectivity index (χ1n) is 6.23. The molecule has 1 aliphatic heterocycles. The highest BCUT2D eigenvalue weighted by Gasteiger charge is 2.37. The second-order valence-corrected chi connectivity index (χ2v) is 4.78. The Balaban J connectivity index is 2.42. The monoisotopic (exact) mass is 259 g/mol. The molecule has 19 heavy (non-hydrogen) atoms. The molecule has 1 aromatic carbocycles. The number of anilines is 1. The minimum absolute atomic E-state index is 0.0436. The molecule has 2 rings (SSSR count). The molecule has 0 spiro atoms. The average Bonchev–Trinajstić information content (AvgIpc) is 2.44. The third kappa shape index (κ3) is 2.27. The van der Waals surface area contributed by atoms with Crippen molar-refractivity contribution in [1.82, 2.24) is 4.90 Å². The molecule has 2 unspecified atom stereocenters. The Kier molecular flexibility index (Phi) is 3.72. The lowest BCUT2D eigenvalue weighted by atomic mass is 10.0. The van der Waals surface area contributed by atoms with Gasteiger partial charge in [-0.15, -0.1) is 0 Å². The number of nitriles is 1. The number of likely N-dealkylation sites (N-methyl/N-ethyl adjacent to an activating group) is 1. The normalized spacial score (nSPS) is 23.4. The van der Waals surface area contributed by atoms with Crippen LogP contribution < -0.4 is 4.90 Å². The Bertz CT molecular complexity index is 524. The fourth-order valence-corrected chi connectivity index (χ4v) is 2.38. The summed E-state index contributed by atoms with van der Waals surface area (Å²) in [5.74, 6) is -0.117. The average molecular weight is 259 g/mol. The number of hydrogen-bond acceptors (Lipinski definition) is 4. The summed E-state index contributed by atoms with van der Waals surface area (Å²) in [6.45, 7) is 2.30. The molecule has 1 fully saturated rings. The number of amides is 1. The molecule has 100 valence electrons. The molecule has 0 bridgehead atoms. The largest absolute Gasteiger partial charge is 0.394 e. The first-order chi connectivity index (χ1) is 9.10. The maximum Gasteiger partial charge on any atom is 0.247 e. The van der Waals surface area contributed by atoms with Crippen LogP contribution in [0.2, 0.25) is 0 Å². The fourth-order valence-electron chi connectivity index (χ4n) is 2.38. The zero-order chi connectivity index (χ0) is 14.0. The van der Waals surface area contributed by atoms with Crippen molar-refractivity contribution in [2.24, 2.45) is 0 Å². The molecule has 1 aliphatic rings. The summed E-state index contributed by atoms with van der Waals surface area (Å²) in [6.07, 6.45) is 0. The van der Waals surface area contributed by atoms with E-state index in [2.05, 4.69) is 6.07 Å². The minimum atomic E-state index is -0.615. The van der Waals surface area contributed by atoms with Crippen LogP contribution in [0.25, 0.3) is 0 Å². The quantitative estimate of drug-likeness (QED) is 0.844. The Morgan fingerprint density at radius 3 is 2.79 bits per heavy atom. The predicted octanol–water partition coefficient (Wildman–Crippen LogP) is 0.586. The molecule has 1 heterocycles. The first kappa shape index (κ1) is 13.4. The zero-order valence-corrected chi connectivity index (χ0v) is 11.1. The van der Waals surface area contributed by atoms with Crippen LogP contribution in [0.4, 0.5) is 5.69 Å². The van der Waals surface area contributed by atoms with E-state index in [0.717, 1.165) is 0 Å². The Morgan fingerprint density at radius 1 is 1.47 bits per heavy atom. The van der Waals surface area contributed by atoms with E-state index in [4.69, 9.17) is 5.26 Å². The number of carbonyl (C=O) groups is 1. The van der Waals surface area contributed by atoms with E-state index in [9.17, 15) is 9.90 Å².